The van der Waals surface area contributed by atoms with Crippen LogP contribution in [0.1, 0.15) is 5.56 Å². The highest BCUT2D eigenvalue weighted by Crippen LogP contribution is 2.27. The highest BCUT2D eigenvalue weighted by molar-refractivity contribution is 6.30. The van der Waals surface area contributed by atoms with Gasteiger partial charge >= 0.3 is 0 Å². The summed E-state index contributed by atoms with van der Waals surface area (Å²) in [7, 11) is 0. The molecule has 1 heterocycles. The van der Waals surface area contributed by atoms with E-state index in [1.54, 1.807) is 35.1 Å². The third kappa shape index (κ3) is 4.17. The molecule has 3 aromatic rings. The van der Waals surface area contributed by atoms with Gasteiger partial charge in [0.05, 0.1) is 22.7 Å². The molecule has 0 saturated heterocycles. The van der Waals surface area contributed by atoms with Gasteiger partial charge in [0.2, 0.25) is 0 Å². The molecule has 138 valence electrons. The summed E-state index contributed by atoms with van der Waals surface area (Å²) in [6, 6.07) is 22.0. The molecule has 0 aliphatic rings. The molecule has 0 aliphatic heterocycles. The van der Waals surface area contributed by atoms with Crippen LogP contribution < -0.4 is 5.73 Å². The van der Waals surface area contributed by atoms with E-state index in [1.165, 1.54) is 6.08 Å². The first kappa shape index (κ1) is 19.5. The van der Waals surface area contributed by atoms with Gasteiger partial charge in [0.1, 0.15) is 18.2 Å². The van der Waals surface area contributed by atoms with Crippen molar-refractivity contribution in [3.05, 3.63) is 88.2 Å². The summed E-state index contributed by atoms with van der Waals surface area (Å²) in [4.78, 5) is 0. The molecule has 2 N–H and O–H groups in total. The Bertz CT molecular complexity index is 1210. The molecular formula is C22H13ClN6. The summed E-state index contributed by atoms with van der Waals surface area (Å²) in [5.41, 5.74) is 8.20. The van der Waals surface area contributed by atoms with Gasteiger partial charge in [-0.1, -0.05) is 41.9 Å². The fraction of sp³-hybridized carbons (Fsp3) is 0. The molecule has 6 nitrogen and oxygen atoms in total. The first-order chi connectivity index (χ1) is 14.1. The maximum absolute atomic E-state index is 9.52. The molecule has 0 amide bonds. The van der Waals surface area contributed by atoms with E-state index in [1.807, 2.05) is 48.5 Å². The standard InChI is InChI=1S/C22H13ClN6/c23-19-8-6-15(7-9-19)22-17(10-16(11-24)21(27)18(12-25)13-26)14-29(28-22)20-4-2-1-3-5-20/h1-10,14H,27H2/b16-10+. The fourth-order valence-electron chi connectivity index (χ4n) is 2.64. The second-order valence-corrected chi connectivity index (χ2v) is 6.34. The van der Waals surface area contributed by atoms with Crippen LogP contribution in [0.2, 0.25) is 5.02 Å². The van der Waals surface area contributed by atoms with Crippen molar-refractivity contribution >= 4 is 17.7 Å². The second-order valence-electron chi connectivity index (χ2n) is 5.90. The summed E-state index contributed by atoms with van der Waals surface area (Å²) >= 11 is 5.99. The van der Waals surface area contributed by atoms with Gasteiger partial charge in [-0.3, -0.25) is 0 Å². The molecule has 3 rings (SSSR count). The smallest absolute Gasteiger partial charge is 0.153 e. The Kier molecular flexibility index (Phi) is 5.76. The van der Waals surface area contributed by atoms with Crippen LogP contribution in [-0.4, -0.2) is 9.78 Å². The monoisotopic (exact) mass is 396 g/mol. The molecule has 0 bridgehead atoms. The number of para-hydroxylation sites is 1. The SMILES string of the molecule is N#CC(C#N)=C(N)/C(C#N)=C/c1cn(-c2ccccc2)nc1-c1ccc(Cl)cc1. The van der Waals surface area contributed by atoms with Gasteiger partial charge in [-0.25, -0.2) is 4.68 Å². The van der Waals surface area contributed by atoms with Crippen LogP contribution >= 0.6 is 11.6 Å². The molecule has 0 radical (unpaired) electrons. The summed E-state index contributed by atoms with van der Waals surface area (Å²) < 4.78 is 1.68. The lowest BCUT2D eigenvalue weighted by Gasteiger charge is -2.02. The molecular weight excluding hydrogens is 384 g/mol. The number of allylic oxidation sites excluding steroid dienone is 2. The highest BCUT2D eigenvalue weighted by Gasteiger charge is 2.14. The Morgan fingerprint density at radius 3 is 2.21 bits per heavy atom. The highest BCUT2D eigenvalue weighted by atomic mass is 35.5. The first-order valence-corrected chi connectivity index (χ1v) is 8.78. The third-order valence-corrected chi connectivity index (χ3v) is 4.34. The number of hydrogen-bond acceptors (Lipinski definition) is 5. The van der Waals surface area contributed by atoms with Gasteiger partial charge in [-0.2, -0.15) is 20.9 Å². The lowest BCUT2D eigenvalue weighted by atomic mass is 10.0. The molecule has 0 fully saturated rings. The Balaban J connectivity index is 2.22. The Hall–Kier alpha value is -4.31. The average Bonchev–Trinajstić information content (AvgIpc) is 3.18. The van der Waals surface area contributed by atoms with Crippen LogP contribution in [0.3, 0.4) is 0 Å². The predicted molar refractivity (Wildman–Crippen MR) is 110 cm³/mol. The molecule has 7 heteroatoms. The van der Waals surface area contributed by atoms with Crippen molar-refractivity contribution in [2.75, 3.05) is 0 Å². The van der Waals surface area contributed by atoms with Crippen molar-refractivity contribution in [1.82, 2.24) is 9.78 Å². The summed E-state index contributed by atoms with van der Waals surface area (Å²) in [6.07, 6.45) is 3.27. The van der Waals surface area contributed by atoms with Crippen molar-refractivity contribution in [3.63, 3.8) is 0 Å². The van der Waals surface area contributed by atoms with Crippen LogP contribution in [0.5, 0.6) is 0 Å². The van der Waals surface area contributed by atoms with E-state index in [0.29, 0.717) is 16.3 Å². The minimum Gasteiger partial charge on any atom is -0.396 e. The topological polar surface area (TPSA) is 115 Å². The lowest BCUT2D eigenvalue weighted by molar-refractivity contribution is 0.884. The summed E-state index contributed by atoms with van der Waals surface area (Å²) in [5.74, 6) is 0. The molecule has 2 aromatic carbocycles. The number of nitriles is 3. The van der Waals surface area contributed by atoms with Crippen molar-refractivity contribution in [1.29, 1.82) is 15.8 Å². The van der Waals surface area contributed by atoms with Gasteiger partial charge in [0, 0.05) is 22.3 Å². The van der Waals surface area contributed by atoms with Gasteiger partial charge in [0.25, 0.3) is 0 Å². The maximum atomic E-state index is 9.52. The molecule has 0 atom stereocenters. The van der Waals surface area contributed by atoms with Crippen LogP contribution in [0, 0.1) is 34.0 Å². The zero-order chi connectivity index (χ0) is 20.8. The van der Waals surface area contributed by atoms with E-state index < -0.39 is 0 Å². The van der Waals surface area contributed by atoms with Crippen molar-refractivity contribution in [2.45, 2.75) is 0 Å². The van der Waals surface area contributed by atoms with Crippen LogP contribution in [0.15, 0.2) is 77.6 Å². The Labute approximate surface area is 172 Å². The second kappa shape index (κ2) is 8.59. The van der Waals surface area contributed by atoms with E-state index in [9.17, 15) is 5.26 Å². The van der Waals surface area contributed by atoms with Crippen LogP contribution in [-0.2, 0) is 0 Å². The maximum Gasteiger partial charge on any atom is 0.153 e. The molecule has 0 unspecified atom stereocenters. The van der Waals surface area contributed by atoms with E-state index in [2.05, 4.69) is 5.10 Å². The van der Waals surface area contributed by atoms with Crippen molar-refractivity contribution in [2.24, 2.45) is 5.73 Å². The third-order valence-electron chi connectivity index (χ3n) is 4.08. The largest absolute Gasteiger partial charge is 0.396 e. The number of halogens is 1. The summed E-state index contributed by atoms with van der Waals surface area (Å²) in [6.45, 7) is 0. The minimum atomic E-state index is -0.318. The van der Waals surface area contributed by atoms with Gasteiger partial charge in [0.15, 0.2) is 5.57 Å². The van der Waals surface area contributed by atoms with Crippen molar-refractivity contribution in [3.8, 4) is 35.2 Å². The number of hydrogen-bond donors (Lipinski definition) is 1. The van der Waals surface area contributed by atoms with Crippen LogP contribution in [0.4, 0.5) is 0 Å². The van der Waals surface area contributed by atoms with Gasteiger partial charge in [-0.15, -0.1) is 0 Å². The molecule has 0 saturated carbocycles. The Morgan fingerprint density at radius 1 is 0.966 bits per heavy atom. The zero-order valence-electron chi connectivity index (χ0n) is 15.0. The molecule has 0 spiro atoms. The van der Waals surface area contributed by atoms with Gasteiger partial charge < -0.3 is 5.73 Å². The normalized spacial score (nSPS) is 10.5. The lowest BCUT2D eigenvalue weighted by Crippen LogP contribution is -2.03. The number of benzene rings is 2. The van der Waals surface area contributed by atoms with Gasteiger partial charge in [-0.05, 0) is 30.3 Å². The van der Waals surface area contributed by atoms with Crippen molar-refractivity contribution < 1.29 is 0 Å². The van der Waals surface area contributed by atoms with Crippen LogP contribution in [0.25, 0.3) is 23.0 Å². The average molecular weight is 397 g/mol. The molecule has 0 aliphatic carbocycles. The summed E-state index contributed by atoms with van der Waals surface area (Å²) in [5, 5.41) is 32.8. The van der Waals surface area contributed by atoms with E-state index in [-0.39, 0.29) is 16.8 Å². The quantitative estimate of drug-likeness (QED) is 0.519. The van der Waals surface area contributed by atoms with E-state index in [4.69, 9.17) is 27.9 Å². The number of nitrogens with two attached hydrogens (primary N) is 1. The van der Waals surface area contributed by atoms with E-state index >= 15 is 0 Å². The zero-order valence-corrected chi connectivity index (χ0v) is 15.8. The minimum absolute atomic E-state index is 0.00549. The number of rotatable bonds is 4. The Morgan fingerprint density at radius 2 is 1.62 bits per heavy atom. The van der Waals surface area contributed by atoms with E-state index in [0.717, 1.165) is 11.3 Å². The number of aromatic nitrogens is 2. The fourth-order valence-corrected chi connectivity index (χ4v) is 2.77. The predicted octanol–water partition coefficient (Wildman–Crippen LogP) is 4.36. The number of nitrogens with zero attached hydrogens (tertiary/aromatic N) is 5. The first-order valence-electron chi connectivity index (χ1n) is 8.40. The molecule has 29 heavy (non-hydrogen) atoms. The molecule has 1 aromatic heterocycles.